The third kappa shape index (κ3) is 2.54. The second-order valence-electron chi connectivity index (χ2n) is 4.71. The van der Waals surface area contributed by atoms with Gasteiger partial charge in [-0.25, -0.2) is 4.79 Å². The standard InChI is InChI=1S/C12H19N3O3/c1-14-11(10(7-13-14)12(17)18)8-15(5-6-16)9-3-2-4-9/h7,9,16H,2-6,8H2,1H3,(H,17,18). The van der Waals surface area contributed by atoms with E-state index in [0.29, 0.717) is 24.8 Å². The Kier molecular flexibility index (Phi) is 3.98. The Morgan fingerprint density at radius 3 is 2.83 bits per heavy atom. The lowest BCUT2D eigenvalue weighted by molar-refractivity contribution is 0.0686. The molecule has 100 valence electrons. The Bertz CT molecular complexity index is 426. The molecule has 6 nitrogen and oxygen atoms in total. The molecule has 1 heterocycles. The minimum absolute atomic E-state index is 0.0940. The molecule has 0 unspecified atom stereocenters. The van der Waals surface area contributed by atoms with Gasteiger partial charge >= 0.3 is 5.97 Å². The van der Waals surface area contributed by atoms with Crippen molar-refractivity contribution in [1.82, 2.24) is 14.7 Å². The van der Waals surface area contributed by atoms with Gasteiger partial charge in [-0.05, 0) is 12.8 Å². The molecular weight excluding hydrogens is 234 g/mol. The number of rotatable bonds is 6. The van der Waals surface area contributed by atoms with E-state index >= 15 is 0 Å². The van der Waals surface area contributed by atoms with E-state index in [1.54, 1.807) is 11.7 Å². The number of carboxylic acids is 1. The zero-order chi connectivity index (χ0) is 13.1. The number of hydrogen-bond donors (Lipinski definition) is 2. The van der Waals surface area contributed by atoms with Crippen molar-refractivity contribution >= 4 is 5.97 Å². The van der Waals surface area contributed by atoms with Crippen molar-refractivity contribution in [2.45, 2.75) is 31.8 Å². The highest BCUT2D eigenvalue weighted by molar-refractivity contribution is 5.88. The summed E-state index contributed by atoms with van der Waals surface area (Å²) in [5, 5.41) is 22.2. The van der Waals surface area contributed by atoms with Crippen LogP contribution >= 0.6 is 0 Å². The fourth-order valence-electron chi connectivity index (χ4n) is 2.29. The second kappa shape index (κ2) is 5.49. The van der Waals surface area contributed by atoms with Gasteiger partial charge in [-0.15, -0.1) is 0 Å². The van der Waals surface area contributed by atoms with E-state index in [-0.39, 0.29) is 12.2 Å². The fourth-order valence-corrected chi connectivity index (χ4v) is 2.29. The number of aryl methyl sites for hydroxylation is 1. The van der Waals surface area contributed by atoms with E-state index in [1.807, 2.05) is 0 Å². The summed E-state index contributed by atoms with van der Waals surface area (Å²) in [5.41, 5.74) is 0.947. The quantitative estimate of drug-likeness (QED) is 0.770. The number of aromatic carboxylic acids is 1. The highest BCUT2D eigenvalue weighted by Gasteiger charge is 2.27. The fraction of sp³-hybridized carbons (Fsp3) is 0.667. The molecule has 18 heavy (non-hydrogen) atoms. The molecule has 6 heteroatoms. The van der Waals surface area contributed by atoms with Gasteiger partial charge in [0.1, 0.15) is 5.56 Å². The lowest BCUT2D eigenvalue weighted by Gasteiger charge is -2.37. The summed E-state index contributed by atoms with van der Waals surface area (Å²) >= 11 is 0. The molecule has 1 aromatic rings. The number of nitrogens with zero attached hydrogens (tertiary/aromatic N) is 3. The van der Waals surface area contributed by atoms with Crippen molar-refractivity contribution in [2.24, 2.45) is 7.05 Å². The van der Waals surface area contributed by atoms with Crippen LogP contribution in [-0.2, 0) is 13.6 Å². The van der Waals surface area contributed by atoms with Crippen molar-refractivity contribution in [3.63, 3.8) is 0 Å². The number of aliphatic hydroxyl groups excluding tert-OH is 1. The number of hydrogen-bond acceptors (Lipinski definition) is 4. The first-order valence-electron chi connectivity index (χ1n) is 6.22. The molecule has 0 atom stereocenters. The molecule has 0 radical (unpaired) electrons. The summed E-state index contributed by atoms with van der Waals surface area (Å²) < 4.78 is 1.60. The van der Waals surface area contributed by atoms with Crippen molar-refractivity contribution in [2.75, 3.05) is 13.2 Å². The van der Waals surface area contributed by atoms with E-state index in [2.05, 4.69) is 10.00 Å². The lowest BCUT2D eigenvalue weighted by Crippen LogP contribution is -2.41. The van der Waals surface area contributed by atoms with Gasteiger partial charge in [0.05, 0.1) is 18.5 Å². The summed E-state index contributed by atoms with van der Waals surface area (Å²) in [5.74, 6) is -0.948. The topological polar surface area (TPSA) is 78.6 Å². The van der Waals surface area contributed by atoms with Gasteiger partial charge in [-0.2, -0.15) is 5.10 Å². The third-order valence-electron chi connectivity index (χ3n) is 3.62. The van der Waals surface area contributed by atoms with E-state index in [1.165, 1.54) is 12.6 Å². The van der Waals surface area contributed by atoms with E-state index < -0.39 is 5.97 Å². The van der Waals surface area contributed by atoms with Crippen molar-refractivity contribution in [1.29, 1.82) is 0 Å². The summed E-state index contributed by atoms with van der Waals surface area (Å²) in [4.78, 5) is 13.3. The molecule has 0 spiro atoms. The van der Waals surface area contributed by atoms with Crippen LogP contribution in [0.1, 0.15) is 35.3 Å². The number of aliphatic hydroxyl groups is 1. The van der Waals surface area contributed by atoms with Crippen LogP contribution in [0, 0.1) is 0 Å². The molecular formula is C12H19N3O3. The van der Waals surface area contributed by atoms with Crippen molar-refractivity contribution < 1.29 is 15.0 Å². The Morgan fingerprint density at radius 1 is 1.61 bits per heavy atom. The first-order valence-corrected chi connectivity index (χ1v) is 6.22. The Labute approximate surface area is 106 Å². The normalized spacial score (nSPS) is 15.9. The van der Waals surface area contributed by atoms with Crippen LogP contribution in [-0.4, -0.2) is 50.1 Å². The largest absolute Gasteiger partial charge is 0.478 e. The smallest absolute Gasteiger partial charge is 0.339 e. The molecule has 0 saturated heterocycles. The first kappa shape index (κ1) is 13.0. The average Bonchev–Trinajstić information content (AvgIpc) is 2.58. The van der Waals surface area contributed by atoms with Crippen LogP contribution in [0.2, 0.25) is 0 Å². The summed E-state index contributed by atoms with van der Waals surface area (Å²) in [7, 11) is 1.75. The van der Waals surface area contributed by atoms with Crippen molar-refractivity contribution in [3.05, 3.63) is 17.5 Å². The van der Waals surface area contributed by atoms with Crippen LogP contribution in [0.15, 0.2) is 6.20 Å². The summed E-state index contributed by atoms with van der Waals surface area (Å²) in [6.45, 7) is 1.20. The van der Waals surface area contributed by atoms with Crippen LogP contribution in [0.4, 0.5) is 0 Å². The van der Waals surface area contributed by atoms with Crippen LogP contribution in [0.3, 0.4) is 0 Å². The van der Waals surface area contributed by atoms with E-state index in [4.69, 9.17) is 10.2 Å². The number of carbonyl (C=O) groups is 1. The summed E-state index contributed by atoms with van der Waals surface area (Å²) in [6.07, 6.45) is 4.85. The third-order valence-corrected chi connectivity index (χ3v) is 3.62. The lowest BCUT2D eigenvalue weighted by atomic mass is 9.91. The highest BCUT2D eigenvalue weighted by Crippen LogP contribution is 2.26. The minimum Gasteiger partial charge on any atom is -0.478 e. The molecule has 2 rings (SSSR count). The SMILES string of the molecule is Cn1ncc(C(=O)O)c1CN(CCO)C1CCC1. The van der Waals surface area contributed by atoms with Gasteiger partial charge in [0.25, 0.3) is 0 Å². The van der Waals surface area contributed by atoms with Gasteiger partial charge in [-0.3, -0.25) is 9.58 Å². The molecule has 1 aliphatic carbocycles. The molecule has 1 aromatic heterocycles. The monoisotopic (exact) mass is 253 g/mol. The summed E-state index contributed by atoms with van der Waals surface area (Å²) in [6, 6.07) is 0.466. The van der Waals surface area contributed by atoms with Gasteiger partial charge in [0, 0.05) is 26.2 Å². The Morgan fingerprint density at radius 2 is 2.33 bits per heavy atom. The van der Waals surface area contributed by atoms with Crippen LogP contribution in [0.25, 0.3) is 0 Å². The number of carboxylic acid groups (broad SMARTS) is 1. The maximum atomic E-state index is 11.1. The Hall–Kier alpha value is -1.40. The molecule has 1 aliphatic rings. The van der Waals surface area contributed by atoms with E-state index in [0.717, 1.165) is 12.8 Å². The molecule has 2 N–H and O–H groups in total. The molecule has 0 bridgehead atoms. The molecule has 0 aromatic carbocycles. The molecule has 1 saturated carbocycles. The van der Waals surface area contributed by atoms with Gasteiger partial charge in [0.15, 0.2) is 0 Å². The molecule has 1 fully saturated rings. The predicted molar refractivity (Wildman–Crippen MR) is 65.3 cm³/mol. The Balaban J connectivity index is 2.14. The van der Waals surface area contributed by atoms with Gasteiger partial charge in [-0.1, -0.05) is 6.42 Å². The zero-order valence-electron chi connectivity index (χ0n) is 10.5. The van der Waals surface area contributed by atoms with Gasteiger partial charge < -0.3 is 10.2 Å². The zero-order valence-corrected chi connectivity index (χ0v) is 10.5. The maximum absolute atomic E-state index is 11.1. The van der Waals surface area contributed by atoms with Crippen LogP contribution in [0.5, 0.6) is 0 Å². The highest BCUT2D eigenvalue weighted by atomic mass is 16.4. The second-order valence-corrected chi connectivity index (χ2v) is 4.71. The average molecular weight is 253 g/mol. The van der Waals surface area contributed by atoms with Crippen LogP contribution < -0.4 is 0 Å². The first-order chi connectivity index (χ1) is 8.63. The van der Waals surface area contributed by atoms with Gasteiger partial charge in [0.2, 0.25) is 0 Å². The van der Waals surface area contributed by atoms with E-state index in [9.17, 15) is 4.79 Å². The molecule has 0 aliphatic heterocycles. The molecule has 0 amide bonds. The maximum Gasteiger partial charge on any atom is 0.339 e. The number of aromatic nitrogens is 2. The van der Waals surface area contributed by atoms with Crippen molar-refractivity contribution in [3.8, 4) is 0 Å². The minimum atomic E-state index is -0.948. The predicted octanol–water partition coefficient (Wildman–Crippen LogP) is 0.465.